The molecule has 1 aliphatic rings. The summed E-state index contributed by atoms with van der Waals surface area (Å²) in [7, 11) is -2.87. The molecule has 0 aromatic carbocycles. The number of aliphatic hydroxyl groups excluding tert-OH is 1. The van der Waals surface area contributed by atoms with Crippen molar-refractivity contribution in [3.05, 3.63) is 0 Å². The van der Waals surface area contributed by atoms with Crippen LogP contribution in [0.2, 0.25) is 0 Å². The van der Waals surface area contributed by atoms with E-state index in [1.807, 2.05) is 6.92 Å². The van der Waals surface area contributed by atoms with Crippen LogP contribution in [0, 0.1) is 0 Å². The van der Waals surface area contributed by atoms with Crippen LogP contribution in [-0.2, 0) is 9.84 Å². The molecule has 1 heterocycles. The fourth-order valence-corrected chi connectivity index (χ4v) is 4.01. The van der Waals surface area contributed by atoms with Crippen LogP contribution in [0.1, 0.15) is 19.8 Å². The molecule has 0 aromatic rings. The number of hydrogen-bond acceptors (Lipinski definition) is 4. The molecule has 0 saturated carbocycles. The van der Waals surface area contributed by atoms with Gasteiger partial charge < -0.3 is 10.4 Å². The Kier molecular flexibility index (Phi) is 3.32. The van der Waals surface area contributed by atoms with Gasteiger partial charge in [0.05, 0.1) is 11.5 Å². The summed E-state index contributed by atoms with van der Waals surface area (Å²) in [6.07, 6.45) is 1.16. The highest BCUT2D eigenvalue weighted by Gasteiger charge is 2.40. The molecule has 1 fully saturated rings. The molecular weight excluding hydrogens is 190 g/mol. The number of nitrogens with one attached hydrogen (secondary N) is 1. The third kappa shape index (κ3) is 2.65. The molecule has 13 heavy (non-hydrogen) atoms. The Morgan fingerprint density at radius 1 is 1.54 bits per heavy atom. The molecule has 1 rings (SSSR count). The van der Waals surface area contributed by atoms with Gasteiger partial charge in [-0.2, -0.15) is 0 Å². The summed E-state index contributed by atoms with van der Waals surface area (Å²) in [6, 6.07) is 0. The Bertz CT molecular complexity index is 255. The first-order valence-corrected chi connectivity index (χ1v) is 6.42. The minimum Gasteiger partial charge on any atom is -0.396 e. The highest BCUT2D eigenvalue weighted by Crippen LogP contribution is 2.26. The van der Waals surface area contributed by atoms with Crippen molar-refractivity contribution in [3.63, 3.8) is 0 Å². The standard InChI is InChI=1S/C8H17NO3S/c1-2-9-8(3-5-10)4-6-13(11,12)7-8/h9-10H,2-7H2,1H3. The van der Waals surface area contributed by atoms with E-state index in [1.165, 1.54) is 0 Å². The molecule has 4 nitrogen and oxygen atoms in total. The molecule has 0 amide bonds. The number of hydrogen-bond donors (Lipinski definition) is 2. The van der Waals surface area contributed by atoms with E-state index in [-0.39, 0.29) is 23.7 Å². The summed E-state index contributed by atoms with van der Waals surface area (Å²) in [6.45, 7) is 2.74. The minimum atomic E-state index is -2.87. The fraction of sp³-hybridized carbons (Fsp3) is 1.00. The van der Waals surface area contributed by atoms with Crippen LogP contribution in [0.3, 0.4) is 0 Å². The lowest BCUT2D eigenvalue weighted by molar-refractivity contribution is 0.225. The zero-order valence-electron chi connectivity index (χ0n) is 7.91. The number of rotatable bonds is 4. The third-order valence-electron chi connectivity index (χ3n) is 2.53. The van der Waals surface area contributed by atoms with Crippen LogP contribution in [0.25, 0.3) is 0 Å². The van der Waals surface area contributed by atoms with E-state index in [9.17, 15) is 8.42 Å². The molecule has 0 aromatic heterocycles. The van der Waals surface area contributed by atoms with Gasteiger partial charge >= 0.3 is 0 Å². The molecule has 1 unspecified atom stereocenters. The SMILES string of the molecule is CCNC1(CCO)CCS(=O)(=O)C1. The predicted molar refractivity (Wildman–Crippen MR) is 51.4 cm³/mol. The Labute approximate surface area is 79.3 Å². The van der Waals surface area contributed by atoms with Crippen LogP contribution in [-0.4, -0.2) is 43.7 Å². The maximum atomic E-state index is 11.3. The lowest BCUT2D eigenvalue weighted by atomic mass is 9.95. The molecular formula is C8H17NO3S. The lowest BCUT2D eigenvalue weighted by Crippen LogP contribution is -2.47. The first-order chi connectivity index (χ1) is 6.04. The summed E-state index contributed by atoms with van der Waals surface area (Å²) in [5.74, 6) is 0.425. The van der Waals surface area contributed by atoms with Crippen molar-refractivity contribution in [2.45, 2.75) is 25.3 Å². The van der Waals surface area contributed by atoms with E-state index >= 15 is 0 Å². The molecule has 1 atom stereocenters. The van der Waals surface area contributed by atoms with Gasteiger partial charge in [-0.05, 0) is 19.4 Å². The third-order valence-corrected chi connectivity index (χ3v) is 4.35. The van der Waals surface area contributed by atoms with Gasteiger partial charge in [0.15, 0.2) is 9.84 Å². The van der Waals surface area contributed by atoms with Crippen molar-refractivity contribution in [1.29, 1.82) is 0 Å². The summed E-state index contributed by atoms with van der Waals surface area (Å²) < 4.78 is 22.5. The minimum absolute atomic E-state index is 0.0442. The van der Waals surface area contributed by atoms with Gasteiger partial charge in [-0.3, -0.25) is 0 Å². The van der Waals surface area contributed by atoms with Gasteiger partial charge in [0.25, 0.3) is 0 Å². The number of sulfone groups is 1. The van der Waals surface area contributed by atoms with Gasteiger partial charge in [-0.25, -0.2) is 8.42 Å². The molecule has 5 heteroatoms. The monoisotopic (exact) mass is 207 g/mol. The van der Waals surface area contributed by atoms with Gasteiger partial charge in [0, 0.05) is 12.1 Å². The van der Waals surface area contributed by atoms with Gasteiger partial charge in [0.1, 0.15) is 0 Å². The fourth-order valence-electron chi connectivity index (χ4n) is 1.93. The quantitative estimate of drug-likeness (QED) is 0.654. The van der Waals surface area contributed by atoms with E-state index < -0.39 is 9.84 Å². The van der Waals surface area contributed by atoms with Crippen LogP contribution < -0.4 is 5.32 Å². The average molecular weight is 207 g/mol. The van der Waals surface area contributed by atoms with E-state index in [4.69, 9.17) is 5.11 Å². The van der Waals surface area contributed by atoms with Crippen molar-refractivity contribution in [1.82, 2.24) is 5.32 Å². The molecule has 2 N–H and O–H groups in total. The van der Waals surface area contributed by atoms with E-state index in [0.717, 1.165) is 6.54 Å². The van der Waals surface area contributed by atoms with E-state index in [0.29, 0.717) is 12.8 Å². The van der Waals surface area contributed by atoms with Crippen molar-refractivity contribution in [2.24, 2.45) is 0 Å². The lowest BCUT2D eigenvalue weighted by Gasteiger charge is -2.27. The maximum Gasteiger partial charge on any atom is 0.152 e. The van der Waals surface area contributed by atoms with Gasteiger partial charge in [0.2, 0.25) is 0 Å². The normalized spacial score (nSPS) is 32.2. The Morgan fingerprint density at radius 2 is 2.23 bits per heavy atom. The molecule has 0 spiro atoms. The smallest absolute Gasteiger partial charge is 0.152 e. The van der Waals surface area contributed by atoms with Crippen LogP contribution in [0.15, 0.2) is 0 Å². The topological polar surface area (TPSA) is 66.4 Å². The highest BCUT2D eigenvalue weighted by molar-refractivity contribution is 7.91. The largest absolute Gasteiger partial charge is 0.396 e. The van der Waals surface area contributed by atoms with E-state index in [2.05, 4.69) is 5.32 Å². The summed E-state index contributed by atoms with van der Waals surface area (Å²) in [5, 5.41) is 12.0. The van der Waals surface area contributed by atoms with Crippen molar-refractivity contribution >= 4 is 9.84 Å². The first kappa shape index (κ1) is 10.9. The van der Waals surface area contributed by atoms with Gasteiger partial charge in [-0.1, -0.05) is 6.92 Å². The average Bonchev–Trinajstić information content (AvgIpc) is 2.28. The van der Waals surface area contributed by atoms with Crippen LogP contribution in [0.5, 0.6) is 0 Å². The second-order valence-corrected chi connectivity index (χ2v) is 5.81. The molecule has 1 aliphatic heterocycles. The second-order valence-electron chi connectivity index (χ2n) is 3.63. The Hall–Kier alpha value is -0.130. The molecule has 78 valence electrons. The van der Waals surface area contributed by atoms with Crippen molar-refractivity contribution in [3.8, 4) is 0 Å². The first-order valence-electron chi connectivity index (χ1n) is 4.60. The van der Waals surface area contributed by atoms with E-state index in [1.54, 1.807) is 0 Å². The molecule has 0 aliphatic carbocycles. The zero-order chi connectivity index (χ0) is 9.95. The molecule has 1 saturated heterocycles. The van der Waals surface area contributed by atoms with Crippen LogP contribution in [0.4, 0.5) is 0 Å². The second kappa shape index (κ2) is 3.94. The summed E-state index contributed by atoms with van der Waals surface area (Å²) >= 11 is 0. The van der Waals surface area contributed by atoms with Gasteiger partial charge in [-0.15, -0.1) is 0 Å². The Morgan fingerprint density at radius 3 is 2.62 bits per heavy atom. The Balaban J connectivity index is 2.71. The predicted octanol–water partition coefficient (Wildman–Crippen LogP) is -0.464. The number of aliphatic hydroxyl groups is 1. The summed E-state index contributed by atoms with van der Waals surface area (Å²) in [4.78, 5) is 0. The van der Waals surface area contributed by atoms with Crippen LogP contribution >= 0.6 is 0 Å². The molecule has 0 bridgehead atoms. The van der Waals surface area contributed by atoms with Crippen molar-refractivity contribution in [2.75, 3.05) is 24.7 Å². The maximum absolute atomic E-state index is 11.3. The van der Waals surface area contributed by atoms with Crippen molar-refractivity contribution < 1.29 is 13.5 Å². The molecule has 0 radical (unpaired) electrons. The zero-order valence-corrected chi connectivity index (χ0v) is 8.73. The highest BCUT2D eigenvalue weighted by atomic mass is 32.2. The summed E-state index contributed by atoms with van der Waals surface area (Å²) in [5.41, 5.74) is -0.359.